The van der Waals surface area contributed by atoms with Crippen LogP contribution < -0.4 is 43.6 Å². The van der Waals surface area contributed by atoms with Gasteiger partial charge in [0.2, 0.25) is 17.8 Å². The molecule has 10 N–H and O–H groups in total. The van der Waals surface area contributed by atoms with Crippen LogP contribution in [0.15, 0.2) is 131 Å². The van der Waals surface area contributed by atoms with Gasteiger partial charge in [-0.25, -0.2) is 15.0 Å². The Morgan fingerprint density at radius 2 is 0.794 bits per heavy atom. The van der Waals surface area contributed by atoms with Gasteiger partial charge in [0.15, 0.2) is 0 Å². The zero-order chi connectivity index (χ0) is 94.5. The smallest absolute Gasteiger partial charge is 0.258 e. The van der Waals surface area contributed by atoms with E-state index in [9.17, 15) is 45.0 Å². The van der Waals surface area contributed by atoms with Gasteiger partial charge in [0.05, 0.1) is 125 Å². The topological polar surface area (TPSA) is 362 Å². The first-order valence-corrected chi connectivity index (χ1v) is 45.6. The standard InChI is InChI=1S/C22H20Cl2N4O.C21H18Cl2N4O.C20H17BrCl2N4O.C13H16BrN3O.C13H17N3O.C3H6.CH4.Br2/c1-6-13-10-15(22(3,4)12(2)29)14(11-25)20-18(13)26-21(28(20)5)27-19-16(23)8-7-9-17(19)24;1-5-12-9-13-10(2)11(3)24-20(28)16(13)19-17(12)25-21(27(19)4)26-18-14(22)7-6-8-15(18)23;1-10(28)20(2,3)12-8-13(21)16-18(11(12)9-24)27(4)19(25-16)26-17-14(22)6-5-7-15(17)23;1-7(18)13(2,3)9-5-10(14)11(16)12(17-4)8(9)6-15;1-8(17)13(2,3)10-5-6-11(15)12(16-4)9(10)7-14;1-3-2;;1-2/h6-10H,1H2,2-5H3,(H,26,27);5-9H,1H2,2-4H3,(H,24,28)(H,25,26);5-8H,1-4H3,(H,25,26);5,17H,16H2,1-4H3;5-6,16H,15H2,1-4H3;3H,1H2,2H3;1H4;. The highest BCUT2D eigenvalue weighted by atomic mass is 80.9. The summed E-state index contributed by atoms with van der Waals surface area (Å²) in [6.07, 6.45) is 5.17. The van der Waals surface area contributed by atoms with E-state index in [4.69, 9.17) is 86.1 Å². The predicted molar refractivity (Wildman–Crippen MR) is 540 cm³/mol. The molecule has 660 valence electrons. The van der Waals surface area contributed by atoms with Crippen LogP contribution in [0.5, 0.6) is 0 Å². The predicted octanol–water partition coefficient (Wildman–Crippen LogP) is 26.2. The molecule has 0 aliphatic rings. The number of aromatic nitrogens is 7. The molecule has 0 saturated carbocycles. The number of aromatic amines is 1. The largest absolute Gasteiger partial charge is 0.397 e. The molecule has 0 fully saturated rings. The van der Waals surface area contributed by atoms with Crippen molar-refractivity contribution in [1.29, 1.82) is 21.0 Å². The summed E-state index contributed by atoms with van der Waals surface area (Å²) in [4.78, 5) is 77.6. The first kappa shape index (κ1) is 106. The number of carbonyl (C=O) groups excluding carboxylic acids is 4. The van der Waals surface area contributed by atoms with Crippen LogP contribution in [0.1, 0.15) is 164 Å². The van der Waals surface area contributed by atoms with Crippen molar-refractivity contribution < 1.29 is 19.2 Å². The number of pyridine rings is 1. The zero-order valence-electron chi connectivity index (χ0n) is 72.5. The minimum atomic E-state index is -0.832. The number of hydrogen-bond donors (Lipinski definition) is 8. The van der Waals surface area contributed by atoms with Gasteiger partial charge in [-0.2, -0.15) is 21.0 Å². The van der Waals surface area contributed by atoms with Crippen molar-refractivity contribution in [1.82, 2.24) is 33.6 Å². The van der Waals surface area contributed by atoms with E-state index in [-0.39, 0.29) is 36.1 Å². The van der Waals surface area contributed by atoms with E-state index in [1.165, 1.54) is 27.7 Å². The number of nitrogens with two attached hydrogens (primary N) is 2. The number of ketones is 4. The molecule has 12 aromatic rings. The van der Waals surface area contributed by atoms with Crippen molar-refractivity contribution in [3.8, 4) is 24.3 Å². The molecule has 0 amide bonds. The fraction of sp³-hybridized carbons (Fsp3) is 0.269. The number of para-hydroxylation sites is 3. The molecule has 126 heavy (non-hydrogen) atoms. The third-order valence-electron chi connectivity index (χ3n) is 21.7. The van der Waals surface area contributed by atoms with E-state index in [2.05, 4.69) is 146 Å². The Bertz CT molecular complexity index is 6490. The number of fused-ring (bicyclic) bond motifs is 5. The van der Waals surface area contributed by atoms with Gasteiger partial charge in [-0.15, -0.1) is 6.58 Å². The number of allylic oxidation sites excluding steroid dienone is 1. The number of H-pyrrole nitrogens is 1. The van der Waals surface area contributed by atoms with Crippen LogP contribution in [-0.2, 0) is 62.0 Å². The van der Waals surface area contributed by atoms with E-state index in [1.807, 2.05) is 72.2 Å². The third-order valence-corrected chi connectivity index (χ3v) is 24.8. The lowest BCUT2D eigenvalue weighted by atomic mass is 9.77. The summed E-state index contributed by atoms with van der Waals surface area (Å²) in [6.45, 7) is 37.5. The SMILES string of the molecule is BrBr.C.C=CC.C=Cc1cc(C(C)(C)C(C)=O)c(C#N)c2c1nc(Nc1c(Cl)cccc1Cl)n2C.C=Cc1cc2c(C)c(C)[nH]c(=O)c2c2c1nc(Nc1c(Cl)cccc1Cl)n2C.CC(=O)C(C)(C)c1cc(Br)c2nc(Nc3c(Cl)cccc3Cl)n(C)c2c1C#N.CNc1c(N)c(Br)cc(C(C)(C)C(C)=O)c1C#N.CNc1c(N)ccc(C(C)(C)C(C)=O)c1C#N. The highest BCUT2D eigenvalue weighted by Gasteiger charge is 2.36. The number of aryl methyl sites for hydroxylation is 5. The second kappa shape index (κ2) is 44.3. The molecule has 0 bridgehead atoms. The molecule has 8 aromatic carbocycles. The summed E-state index contributed by atoms with van der Waals surface area (Å²) in [5.41, 5.74) is 23.8. The molecule has 0 aliphatic heterocycles. The van der Waals surface area contributed by atoms with Crippen molar-refractivity contribution in [2.75, 3.05) is 52.1 Å². The van der Waals surface area contributed by atoms with Gasteiger partial charge in [-0.05, 0) is 236 Å². The Morgan fingerprint density at radius 3 is 1.15 bits per heavy atom. The number of rotatable bonds is 18. The fourth-order valence-electron chi connectivity index (χ4n) is 13.1. The lowest BCUT2D eigenvalue weighted by Gasteiger charge is -2.25. The van der Waals surface area contributed by atoms with Gasteiger partial charge in [0.25, 0.3) is 5.56 Å². The number of hydrogen-bond acceptors (Lipinski definition) is 19. The zero-order valence-corrected chi connectivity index (χ0v) is 83.3. The van der Waals surface area contributed by atoms with E-state index >= 15 is 0 Å². The maximum absolute atomic E-state index is 12.8. The highest BCUT2D eigenvalue weighted by molar-refractivity contribution is 9.93. The third kappa shape index (κ3) is 21.8. The monoisotopic (exact) mass is 2070 g/mol. The van der Waals surface area contributed by atoms with Crippen LogP contribution in [0.25, 0.3) is 56.0 Å². The minimum Gasteiger partial charge on any atom is -0.397 e. The minimum absolute atomic E-state index is 0. The average Bonchev–Trinajstić information content (AvgIpc) is 1.60. The van der Waals surface area contributed by atoms with Gasteiger partial charge in [-0.3, -0.25) is 24.0 Å². The van der Waals surface area contributed by atoms with E-state index in [1.54, 1.807) is 162 Å². The summed E-state index contributed by atoms with van der Waals surface area (Å²) in [5.74, 6) is 1.41. The number of nitrogens with zero attached hydrogens (tertiary/aromatic N) is 10. The Morgan fingerprint density at radius 1 is 0.484 bits per heavy atom. The van der Waals surface area contributed by atoms with Gasteiger partial charge in [-0.1, -0.05) is 133 Å². The second-order valence-corrected chi connectivity index (χ2v) is 34.7. The van der Waals surface area contributed by atoms with E-state index < -0.39 is 21.7 Å². The molecule has 4 heterocycles. The van der Waals surface area contributed by atoms with E-state index in [0.717, 1.165) is 33.3 Å². The molecule has 0 radical (unpaired) electrons. The van der Waals surface area contributed by atoms with Gasteiger partial charge >= 0.3 is 0 Å². The molecular formula is C93H98Br4Cl6N18O5. The maximum Gasteiger partial charge on any atom is 0.258 e. The molecule has 33 heteroatoms. The van der Waals surface area contributed by atoms with Crippen molar-refractivity contribution in [3.05, 3.63) is 233 Å². The molecule has 0 saturated heterocycles. The van der Waals surface area contributed by atoms with Crippen LogP contribution >= 0.6 is 130 Å². The number of benzene rings is 8. The molecule has 0 aliphatic carbocycles. The molecule has 23 nitrogen and oxygen atoms in total. The second-order valence-electron chi connectivity index (χ2n) is 30.5. The molecule has 12 rings (SSSR count). The van der Waals surface area contributed by atoms with Crippen molar-refractivity contribution in [2.45, 2.75) is 133 Å². The van der Waals surface area contributed by atoms with Crippen molar-refractivity contribution in [2.24, 2.45) is 21.1 Å². The average molecular weight is 2080 g/mol. The summed E-state index contributed by atoms with van der Waals surface area (Å²) in [6, 6.07) is 35.2. The normalized spacial score (nSPS) is 10.8. The molecule has 0 atom stereocenters. The van der Waals surface area contributed by atoms with Gasteiger partial charge < -0.3 is 56.7 Å². The van der Waals surface area contributed by atoms with Crippen molar-refractivity contribution >= 4 is 267 Å². The lowest BCUT2D eigenvalue weighted by molar-refractivity contribution is -0.122. The van der Waals surface area contributed by atoms with Gasteiger partial charge in [0.1, 0.15) is 52.9 Å². The molecular weight excluding hydrogens is 1980 g/mol. The number of anilines is 10. The summed E-state index contributed by atoms with van der Waals surface area (Å²) in [5, 5.41) is 58.0. The van der Waals surface area contributed by atoms with Crippen LogP contribution in [0, 0.1) is 59.2 Å². The number of nitrogens with one attached hydrogen (secondary N) is 6. The number of carbonyl (C=O) groups is 4. The first-order valence-electron chi connectivity index (χ1n) is 38.0. The number of imidazole rings is 3. The van der Waals surface area contributed by atoms with Crippen LogP contribution in [0.4, 0.5) is 57.7 Å². The number of nitriles is 4. The number of halogens is 10. The Labute approximate surface area is 797 Å². The lowest BCUT2D eigenvalue weighted by Crippen LogP contribution is -2.28. The quantitative estimate of drug-likeness (QED) is 0.0292. The molecule has 0 spiro atoms. The summed E-state index contributed by atoms with van der Waals surface area (Å²) >= 11 is 50.0. The Kier molecular flexibility index (Phi) is 37.3. The molecule has 0 unspecified atom stereocenters. The van der Waals surface area contributed by atoms with Crippen LogP contribution in [0.3, 0.4) is 0 Å². The van der Waals surface area contributed by atoms with Crippen LogP contribution in [0.2, 0.25) is 30.1 Å². The van der Waals surface area contributed by atoms with Crippen molar-refractivity contribution in [3.63, 3.8) is 0 Å². The number of Topliss-reactive ketones (excluding diaryl/α,β-unsaturated/α-hetero) is 4. The highest BCUT2D eigenvalue weighted by Crippen LogP contribution is 2.45. The number of nitrogen functional groups attached to an aromatic ring is 2. The first-order chi connectivity index (χ1) is 58.6. The van der Waals surface area contributed by atoms with E-state index in [0.29, 0.717) is 174 Å². The molecule has 4 aromatic heterocycles. The van der Waals surface area contributed by atoms with Crippen LogP contribution in [-0.4, -0.2) is 70.9 Å². The summed E-state index contributed by atoms with van der Waals surface area (Å²) < 4.78 is 6.74. The Hall–Kier alpha value is -10.5. The Balaban J connectivity index is 0.000000279. The maximum atomic E-state index is 12.8. The summed E-state index contributed by atoms with van der Waals surface area (Å²) in [7, 11) is 8.84. The fourth-order valence-corrected chi connectivity index (χ4v) is 15.5. The van der Waals surface area contributed by atoms with Gasteiger partial charge in [0, 0.05) is 111 Å².